The van der Waals surface area contributed by atoms with Gasteiger partial charge in [-0.25, -0.2) is 0 Å². The monoisotopic (exact) mass is 309 g/mol. The molecule has 2 nitrogen and oxygen atoms in total. The van der Waals surface area contributed by atoms with Crippen molar-refractivity contribution in [2.75, 3.05) is 0 Å². The van der Waals surface area contributed by atoms with Gasteiger partial charge in [-0.1, -0.05) is 29.3 Å². The molecule has 0 aliphatic carbocycles. The number of benzene rings is 1. The van der Waals surface area contributed by atoms with E-state index in [4.69, 9.17) is 23.2 Å². The van der Waals surface area contributed by atoms with Crippen molar-refractivity contribution in [3.05, 3.63) is 56.5 Å². The van der Waals surface area contributed by atoms with Crippen LogP contribution >= 0.6 is 34.5 Å². The number of carbonyl (C=O) groups is 1. The Morgan fingerprint density at radius 1 is 1.26 bits per heavy atom. The molecule has 0 saturated carbocycles. The van der Waals surface area contributed by atoms with Gasteiger partial charge in [0.15, 0.2) is 5.78 Å². The van der Waals surface area contributed by atoms with Crippen LogP contribution in [0.2, 0.25) is 10.0 Å². The highest BCUT2D eigenvalue weighted by atomic mass is 35.5. The summed E-state index contributed by atoms with van der Waals surface area (Å²) in [6.07, 6.45) is 0. The van der Waals surface area contributed by atoms with Crippen molar-refractivity contribution >= 4 is 50.5 Å². The largest absolute Gasteiger partial charge is 0.350 e. The molecule has 0 amide bonds. The number of hydrogen-bond acceptors (Lipinski definition) is 2. The first-order chi connectivity index (χ1) is 9.09. The fourth-order valence-corrected chi connectivity index (χ4v) is 3.38. The molecule has 5 heteroatoms. The van der Waals surface area contributed by atoms with Gasteiger partial charge >= 0.3 is 0 Å². The quantitative estimate of drug-likeness (QED) is 0.658. The topological polar surface area (TPSA) is 32.9 Å². The van der Waals surface area contributed by atoms with Crippen LogP contribution in [-0.4, -0.2) is 10.8 Å². The zero-order valence-corrected chi connectivity index (χ0v) is 12.3. The first kappa shape index (κ1) is 12.7. The highest BCUT2D eigenvalue weighted by Crippen LogP contribution is 2.32. The Labute approximate surface area is 124 Å². The molecule has 0 aliphatic rings. The minimum Gasteiger partial charge on any atom is -0.350 e. The summed E-state index contributed by atoms with van der Waals surface area (Å²) in [6, 6.07) is 7.04. The van der Waals surface area contributed by atoms with Crippen LogP contribution in [0.15, 0.2) is 29.6 Å². The molecule has 0 unspecified atom stereocenters. The molecule has 3 rings (SSSR count). The highest BCUT2D eigenvalue weighted by Gasteiger charge is 2.21. The van der Waals surface area contributed by atoms with Crippen LogP contribution in [0.25, 0.3) is 10.2 Å². The summed E-state index contributed by atoms with van der Waals surface area (Å²) in [6.45, 7) is 1.89. The van der Waals surface area contributed by atoms with Gasteiger partial charge in [0.05, 0.1) is 15.6 Å². The summed E-state index contributed by atoms with van der Waals surface area (Å²) < 4.78 is 0. The van der Waals surface area contributed by atoms with Gasteiger partial charge in [-0.15, -0.1) is 11.3 Å². The van der Waals surface area contributed by atoms with Crippen molar-refractivity contribution in [1.29, 1.82) is 0 Å². The second-order valence-electron chi connectivity index (χ2n) is 4.22. The van der Waals surface area contributed by atoms with Crippen LogP contribution < -0.4 is 0 Å². The van der Waals surface area contributed by atoms with Crippen molar-refractivity contribution in [2.45, 2.75) is 6.92 Å². The molecule has 0 radical (unpaired) electrons. The molecule has 2 aromatic heterocycles. The molecule has 1 aromatic carbocycles. The third kappa shape index (κ3) is 1.98. The molecule has 19 heavy (non-hydrogen) atoms. The van der Waals surface area contributed by atoms with Crippen molar-refractivity contribution < 1.29 is 4.79 Å². The zero-order valence-electron chi connectivity index (χ0n) is 9.96. The fourth-order valence-electron chi connectivity index (χ4n) is 2.14. The van der Waals surface area contributed by atoms with Gasteiger partial charge in [0.1, 0.15) is 4.83 Å². The average Bonchev–Trinajstić information content (AvgIpc) is 2.91. The number of H-pyrrole nitrogens is 1. The molecule has 0 saturated heterocycles. The standard InChI is InChI=1S/C14H9Cl2NOS/c1-7-11(8-5-6-19-14(8)17-7)13(18)9-3-2-4-10(15)12(9)16/h2-6,17H,1H3. The maximum Gasteiger partial charge on any atom is 0.197 e. The van der Waals surface area contributed by atoms with Crippen molar-refractivity contribution in [3.63, 3.8) is 0 Å². The number of nitrogens with one attached hydrogen (secondary N) is 1. The lowest BCUT2D eigenvalue weighted by Gasteiger charge is -2.05. The maximum absolute atomic E-state index is 12.7. The van der Waals surface area contributed by atoms with Crippen LogP contribution in [0.3, 0.4) is 0 Å². The number of halogens is 2. The van der Waals surface area contributed by atoms with Crippen LogP contribution in [0.4, 0.5) is 0 Å². The highest BCUT2D eigenvalue weighted by molar-refractivity contribution is 7.16. The lowest BCUT2D eigenvalue weighted by atomic mass is 10.0. The first-order valence-electron chi connectivity index (χ1n) is 5.64. The molecule has 3 aromatic rings. The Kier molecular flexibility index (Phi) is 3.13. The van der Waals surface area contributed by atoms with Gasteiger partial charge in [0, 0.05) is 16.6 Å². The molecular weight excluding hydrogens is 301 g/mol. The van der Waals surface area contributed by atoms with Gasteiger partial charge in [0.2, 0.25) is 0 Å². The van der Waals surface area contributed by atoms with Gasteiger partial charge in [-0.05, 0) is 30.5 Å². The minimum absolute atomic E-state index is 0.102. The van der Waals surface area contributed by atoms with E-state index in [2.05, 4.69) is 4.98 Å². The van der Waals surface area contributed by atoms with Gasteiger partial charge < -0.3 is 4.98 Å². The van der Waals surface area contributed by atoms with Crippen molar-refractivity contribution in [1.82, 2.24) is 4.98 Å². The molecule has 0 fully saturated rings. The normalized spacial score (nSPS) is 11.1. The third-order valence-electron chi connectivity index (χ3n) is 3.03. The van der Waals surface area contributed by atoms with Crippen LogP contribution in [0.5, 0.6) is 0 Å². The number of hydrogen-bond donors (Lipinski definition) is 1. The molecule has 0 spiro atoms. The predicted octanol–water partition coefficient (Wildman–Crippen LogP) is 5.08. The van der Waals surface area contributed by atoms with Gasteiger partial charge in [-0.2, -0.15) is 0 Å². The zero-order chi connectivity index (χ0) is 13.6. The maximum atomic E-state index is 12.7. The Morgan fingerprint density at radius 2 is 2.05 bits per heavy atom. The molecule has 0 aliphatic heterocycles. The van der Waals surface area contributed by atoms with E-state index in [-0.39, 0.29) is 5.78 Å². The number of fused-ring (bicyclic) bond motifs is 1. The van der Waals surface area contributed by atoms with Crippen molar-refractivity contribution in [3.8, 4) is 0 Å². The number of aromatic nitrogens is 1. The Hall–Kier alpha value is -1.29. The van der Waals surface area contributed by atoms with Crippen LogP contribution in [-0.2, 0) is 0 Å². The second kappa shape index (κ2) is 4.67. The van der Waals surface area contributed by atoms with Crippen molar-refractivity contribution in [2.24, 2.45) is 0 Å². The SMILES string of the molecule is Cc1[nH]c2sccc2c1C(=O)c1cccc(Cl)c1Cl. The summed E-state index contributed by atoms with van der Waals surface area (Å²) in [4.78, 5) is 16.9. The smallest absolute Gasteiger partial charge is 0.197 e. The summed E-state index contributed by atoms with van der Waals surface area (Å²) in [5.74, 6) is -0.102. The van der Waals surface area contributed by atoms with E-state index >= 15 is 0 Å². The molecule has 0 atom stereocenters. The third-order valence-corrected chi connectivity index (χ3v) is 4.68. The summed E-state index contributed by atoms with van der Waals surface area (Å²) in [5.41, 5.74) is 1.95. The molecule has 2 heterocycles. The van der Waals surface area contributed by atoms with E-state index in [1.807, 2.05) is 18.4 Å². The van der Waals surface area contributed by atoms with E-state index in [9.17, 15) is 4.79 Å². The number of carbonyl (C=O) groups excluding carboxylic acids is 1. The number of aromatic amines is 1. The number of rotatable bonds is 2. The molecule has 96 valence electrons. The van der Waals surface area contributed by atoms with E-state index < -0.39 is 0 Å². The van der Waals surface area contributed by atoms with Crippen LogP contribution in [0, 0.1) is 6.92 Å². The average molecular weight is 310 g/mol. The van der Waals surface area contributed by atoms with E-state index in [0.29, 0.717) is 21.2 Å². The van der Waals surface area contributed by atoms with Crippen LogP contribution in [0.1, 0.15) is 21.6 Å². The number of ketones is 1. The Morgan fingerprint density at radius 3 is 2.84 bits per heavy atom. The lowest BCUT2D eigenvalue weighted by molar-refractivity contribution is 0.104. The molecular formula is C14H9Cl2NOS. The summed E-state index contributed by atoms with van der Waals surface area (Å²) >= 11 is 13.7. The molecule has 0 bridgehead atoms. The lowest BCUT2D eigenvalue weighted by Crippen LogP contribution is -2.03. The summed E-state index contributed by atoms with van der Waals surface area (Å²) in [7, 11) is 0. The summed E-state index contributed by atoms with van der Waals surface area (Å²) in [5, 5.41) is 3.58. The number of aryl methyl sites for hydroxylation is 1. The van der Waals surface area contributed by atoms with E-state index in [1.165, 1.54) is 0 Å². The first-order valence-corrected chi connectivity index (χ1v) is 7.27. The predicted molar refractivity (Wildman–Crippen MR) is 80.8 cm³/mol. The minimum atomic E-state index is -0.102. The Balaban J connectivity index is 2.21. The Bertz CT molecular complexity index is 788. The van der Waals surface area contributed by atoms with Gasteiger partial charge in [-0.3, -0.25) is 4.79 Å². The second-order valence-corrected chi connectivity index (χ2v) is 5.92. The van der Waals surface area contributed by atoms with Gasteiger partial charge in [0.25, 0.3) is 0 Å². The molecule has 1 N–H and O–H groups in total. The van der Waals surface area contributed by atoms with E-state index in [0.717, 1.165) is 15.9 Å². The fraction of sp³-hybridized carbons (Fsp3) is 0.0714. The van der Waals surface area contributed by atoms with E-state index in [1.54, 1.807) is 29.5 Å². The number of thiophene rings is 1.